The second-order valence-electron chi connectivity index (χ2n) is 5.71. The van der Waals surface area contributed by atoms with E-state index >= 15 is 0 Å². The van der Waals surface area contributed by atoms with E-state index in [9.17, 15) is 4.79 Å². The number of carbonyl (C=O) groups is 1. The van der Waals surface area contributed by atoms with Crippen molar-refractivity contribution in [3.05, 3.63) is 35.9 Å². The van der Waals surface area contributed by atoms with Gasteiger partial charge in [-0.2, -0.15) is 4.98 Å². The SMILES string of the molecule is CC(C)c1noc(NC2CCN(C(=O)c3ccccn3)C2)n1. The summed E-state index contributed by atoms with van der Waals surface area (Å²) in [7, 11) is 0. The Labute approximate surface area is 128 Å². The van der Waals surface area contributed by atoms with Crippen molar-refractivity contribution in [2.45, 2.75) is 32.2 Å². The lowest BCUT2D eigenvalue weighted by Crippen LogP contribution is -2.32. The summed E-state index contributed by atoms with van der Waals surface area (Å²) in [5.41, 5.74) is 0.475. The van der Waals surface area contributed by atoms with Crippen LogP contribution in [-0.4, -0.2) is 45.1 Å². The molecule has 0 aliphatic carbocycles. The van der Waals surface area contributed by atoms with Crippen LogP contribution in [0, 0.1) is 0 Å². The molecule has 1 aliphatic rings. The molecular formula is C15H19N5O2. The first-order valence-electron chi connectivity index (χ1n) is 7.44. The Balaban J connectivity index is 1.59. The number of carbonyl (C=O) groups excluding carboxylic acids is 1. The van der Waals surface area contributed by atoms with E-state index in [-0.39, 0.29) is 17.9 Å². The molecule has 1 unspecified atom stereocenters. The average Bonchev–Trinajstić information content (AvgIpc) is 3.17. The summed E-state index contributed by atoms with van der Waals surface area (Å²) < 4.78 is 5.18. The number of likely N-dealkylation sites (tertiary alicyclic amines) is 1. The third-order valence-electron chi connectivity index (χ3n) is 3.65. The number of anilines is 1. The minimum atomic E-state index is -0.0432. The lowest BCUT2D eigenvalue weighted by atomic mass is 10.2. The van der Waals surface area contributed by atoms with Crippen molar-refractivity contribution in [2.24, 2.45) is 0 Å². The molecular weight excluding hydrogens is 282 g/mol. The molecule has 7 heteroatoms. The van der Waals surface area contributed by atoms with Crippen LogP contribution in [0.25, 0.3) is 0 Å². The van der Waals surface area contributed by atoms with E-state index in [1.54, 1.807) is 23.2 Å². The van der Waals surface area contributed by atoms with Gasteiger partial charge >= 0.3 is 6.01 Å². The third-order valence-corrected chi connectivity index (χ3v) is 3.65. The van der Waals surface area contributed by atoms with E-state index in [1.165, 1.54) is 0 Å². The second-order valence-corrected chi connectivity index (χ2v) is 5.71. The van der Waals surface area contributed by atoms with Crippen LogP contribution in [0.15, 0.2) is 28.9 Å². The van der Waals surface area contributed by atoms with Gasteiger partial charge in [-0.15, -0.1) is 0 Å². The maximum atomic E-state index is 12.3. The number of amides is 1. The van der Waals surface area contributed by atoms with Gasteiger partial charge in [0.2, 0.25) is 0 Å². The predicted octanol–water partition coefficient (Wildman–Crippen LogP) is 1.91. The molecule has 2 aromatic heterocycles. The minimum absolute atomic E-state index is 0.0432. The molecule has 1 N–H and O–H groups in total. The Bertz CT molecular complexity index is 640. The van der Waals surface area contributed by atoms with Gasteiger partial charge < -0.3 is 14.7 Å². The van der Waals surface area contributed by atoms with E-state index < -0.39 is 0 Å². The van der Waals surface area contributed by atoms with Crippen molar-refractivity contribution >= 4 is 11.9 Å². The lowest BCUT2D eigenvalue weighted by Gasteiger charge is -2.15. The average molecular weight is 301 g/mol. The fraction of sp³-hybridized carbons (Fsp3) is 0.467. The summed E-state index contributed by atoms with van der Waals surface area (Å²) in [6, 6.07) is 5.88. The Kier molecular flexibility index (Phi) is 4.04. The molecule has 0 bridgehead atoms. The largest absolute Gasteiger partial charge is 0.335 e. The van der Waals surface area contributed by atoms with Gasteiger partial charge in [-0.05, 0) is 18.6 Å². The topological polar surface area (TPSA) is 84.2 Å². The molecule has 0 radical (unpaired) electrons. The van der Waals surface area contributed by atoms with Gasteiger partial charge in [0.25, 0.3) is 5.91 Å². The molecule has 1 fully saturated rings. The third kappa shape index (κ3) is 3.08. The Morgan fingerprint density at radius 2 is 2.32 bits per heavy atom. The first-order valence-corrected chi connectivity index (χ1v) is 7.44. The summed E-state index contributed by atoms with van der Waals surface area (Å²) in [5, 5.41) is 7.12. The summed E-state index contributed by atoms with van der Waals surface area (Å²) in [6.07, 6.45) is 2.48. The quantitative estimate of drug-likeness (QED) is 0.928. The molecule has 0 spiro atoms. The summed E-state index contributed by atoms with van der Waals surface area (Å²) in [6.45, 7) is 5.32. The molecule has 0 saturated carbocycles. The van der Waals surface area contributed by atoms with Crippen molar-refractivity contribution in [3.8, 4) is 0 Å². The van der Waals surface area contributed by atoms with E-state index in [1.807, 2.05) is 19.9 Å². The normalized spacial score (nSPS) is 18.0. The minimum Gasteiger partial charge on any atom is -0.335 e. The number of hydrogen-bond donors (Lipinski definition) is 1. The van der Waals surface area contributed by atoms with Crippen LogP contribution in [0.2, 0.25) is 0 Å². The molecule has 1 saturated heterocycles. The van der Waals surface area contributed by atoms with Crippen molar-refractivity contribution in [1.82, 2.24) is 20.0 Å². The van der Waals surface area contributed by atoms with Crippen molar-refractivity contribution in [2.75, 3.05) is 18.4 Å². The zero-order chi connectivity index (χ0) is 15.5. The number of nitrogens with zero attached hydrogens (tertiary/aromatic N) is 4. The molecule has 1 atom stereocenters. The van der Waals surface area contributed by atoms with E-state index in [0.717, 1.165) is 6.42 Å². The van der Waals surface area contributed by atoms with Crippen molar-refractivity contribution < 1.29 is 9.32 Å². The van der Waals surface area contributed by atoms with Gasteiger partial charge in [-0.3, -0.25) is 9.78 Å². The van der Waals surface area contributed by atoms with Gasteiger partial charge in [-0.1, -0.05) is 25.1 Å². The highest BCUT2D eigenvalue weighted by molar-refractivity contribution is 5.92. The van der Waals surface area contributed by atoms with E-state index in [4.69, 9.17) is 4.52 Å². The van der Waals surface area contributed by atoms with Crippen molar-refractivity contribution in [3.63, 3.8) is 0 Å². The van der Waals surface area contributed by atoms with Gasteiger partial charge in [0, 0.05) is 31.2 Å². The highest BCUT2D eigenvalue weighted by Gasteiger charge is 2.28. The Morgan fingerprint density at radius 3 is 3.00 bits per heavy atom. The fourth-order valence-corrected chi connectivity index (χ4v) is 2.42. The molecule has 0 aromatic carbocycles. The van der Waals surface area contributed by atoms with Gasteiger partial charge in [0.1, 0.15) is 5.69 Å². The number of rotatable bonds is 4. The zero-order valence-corrected chi connectivity index (χ0v) is 12.7. The predicted molar refractivity (Wildman–Crippen MR) is 80.6 cm³/mol. The first kappa shape index (κ1) is 14.5. The molecule has 116 valence electrons. The molecule has 22 heavy (non-hydrogen) atoms. The van der Waals surface area contributed by atoms with Crippen LogP contribution in [-0.2, 0) is 0 Å². The smallest absolute Gasteiger partial charge is 0.321 e. The Hall–Kier alpha value is -2.44. The van der Waals surface area contributed by atoms with Crippen LogP contribution >= 0.6 is 0 Å². The molecule has 3 heterocycles. The van der Waals surface area contributed by atoms with E-state index in [2.05, 4.69) is 20.4 Å². The van der Waals surface area contributed by atoms with Crippen LogP contribution < -0.4 is 5.32 Å². The summed E-state index contributed by atoms with van der Waals surface area (Å²) in [5.74, 6) is 0.866. The number of hydrogen-bond acceptors (Lipinski definition) is 6. The molecule has 1 aliphatic heterocycles. The fourth-order valence-electron chi connectivity index (χ4n) is 2.42. The van der Waals surface area contributed by atoms with Gasteiger partial charge in [0.05, 0.1) is 0 Å². The van der Waals surface area contributed by atoms with Crippen LogP contribution in [0.1, 0.15) is 42.5 Å². The summed E-state index contributed by atoms with van der Waals surface area (Å²) >= 11 is 0. The Morgan fingerprint density at radius 1 is 1.45 bits per heavy atom. The molecule has 3 rings (SSSR count). The first-order chi connectivity index (χ1) is 10.6. The number of nitrogens with one attached hydrogen (secondary N) is 1. The lowest BCUT2D eigenvalue weighted by molar-refractivity contribution is 0.0785. The van der Waals surface area contributed by atoms with Crippen molar-refractivity contribution in [1.29, 1.82) is 0 Å². The highest BCUT2D eigenvalue weighted by Crippen LogP contribution is 2.18. The van der Waals surface area contributed by atoms with E-state index in [0.29, 0.717) is 30.6 Å². The maximum Gasteiger partial charge on any atom is 0.321 e. The molecule has 2 aromatic rings. The van der Waals surface area contributed by atoms with Crippen LogP contribution in [0.3, 0.4) is 0 Å². The monoisotopic (exact) mass is 301 g/mol. The zero-order valence-electron chi connectivity index (χ0n) is 12.7. The maximum absolute atomic E-state index is 12.3. The molecule has 7 nitrogen and oxygen atoms in total. The molecule has 1 amide bonds. The summed E-state index contributed by atoms with van der Waals surface area (Å²) in [4.78, 5) is 22.5. The number of aromatic nitrogens is 3. The van der Waals surface area contributed by atoms with Crippen LogP contribution in [0.4, 0.5) is 6.01 Å². The standard InChI is InChI=1S/C15H19N5O2/c1-10(2)13-18-15(22-19-13)17-11-6-8-20(9-11)14(21)12-5-3-4-7-16-12/h3-5,7,10-11H,6,8-9H2,1-2H3,(H,17,18,19). The van der Waals surface area contributed by atoms with Gasteiger partial charge in [0.15, 0.2) is 5.82 Å². The van der Waals surface area contributed by atoms with Crippen LogP contribution in [0.5, 0.6) is 0 Å². The highest BCUT2D eigenvalue weighted by atomic mass is 16.5. The second kappa shape index (κ2) is 6.13. The van der Waals surface area contributed by atoms with Gasteiger partial charge in [-0.25, -0.2) is 0 Å². The number of pyridine rings is 1.